The largest absolute Gasteiger partial charge is 0.480 e. The minimum Gasteiger partial charge on any atom is -0.480 e. The molecular formula is C28H36N2O6. The highest BCUT2D eigenvalue weighted by molar-refractivity contribution is 5.81. The fourth-order valence-electron chi connectivity index (χ4n) is 4.39. The van der Waals surface area contributed by atoms with Gasteiger partial charge in [0.2, 0.25) is 0 Å². The van der Waals surface area contributed by atoms with Gasteiger partial charge in [-0.25, -0.2) is 14.4 Å². The van der Waals surface area contributed by atoms with Crippen LogP contribution in [0.5, 0.6) is 0 Å². The number of hydrogen-bond donors (Lipinski definition) is 2. The summed E-state index contributed by atoms with van der Waals surface area (Å²) in [5.41, 5.74) is 3.77. The molecule has 0 aliphatic heterocycles. The smallest absolute Gasteiger partial charge is 0.410 e. The third-order valence-electron chi connectivity index (χ3n) is 6.08. The number of nitrogens with one attached hydrogen (secondary N) is 1. The predicted molar refractivity (Wildman–Crippen MR) is 137 cm³/mol. The number of carbonyl (C=O) groups is 3. The second kappa shape index (κ2) is 11.5. The van der Waals surface area contributed by atoms with Crippen molar-refractivity contribution in [3.63, 3.8) is 0 Å². The van der Waals surface area contributed by atoms with Crippen molar-refractivity contribution in [1.82, 2.24) is 10.2 Å². The average molecular weight is 497 g/mol. The molecule has 0 fully saturated rings. The van der Waals surface area contributed by atoms with Crippen LogP contribution >= 0.6 is 0 Å². The molecule has 8 heteroatoms. The summed E-state index contributed by atoms with van der Waals surface area (Å²) in [6.07, 6.45) is -0.713. The normalized spacial score (nSPS) is 13.5. The van der Waals surface area contributed by atoms with Crippen molar-refractivity contribution < 1.29 is 29.0 Å². The van der Waals surface area contributed by atoms with Gasteiger partial charge in [-0.05, 0) is 69.7 Å². The third-order valence-corrected chi connectivity index (χ3v) is 6.08. The van der Waals surface area contributed by atoms with Crippen molar-refractivity contribution in [2.75, 3.05) is 13.2 Å². The van der Waals surface area contributed by atoms with Gasteiger partial charge in [-0.3, -0.25) is 0 Å². The standard InChI is InChI=1S/C28H36N2O6/c1-18(2)30(27(34)36-28(3,4)5)16-10-15-24(25(31)32)29-26(33)35-17-23-21-13-8-6-11-19(21)20-12-7-9-14-22(20)23/h6-9,11-14,18,23-24H,10,15-17H2,1-5H3,(H,29,33)(H,31,32)/t24-/m0/s1. The molecule has 0 bridgehead atoms. The maximum absolute atomic E-state index is 12.5. The van der Waals surface area contributed by atoms with E-state index in [2.05, 4.69) is 5.32 Å². The van der Waals surface area contributed by atoms with E-state index in [9.17, 15) is 19.5 Å². The molecule has 1 atom stereocenters. The Hall–Kier alpha value is -3.55. The Balaban J connectivity index is 1.55. The van der Waals surface area contributed by atoms with Gasteiger partial charge in [-0.1, -0.05) is 48.5 Å². The fraction of sp³-hybridized carbons (Fsp3) is 0.464. The first kappa shape index (κ1) is 27.0. The topological polar surface area (TPSA) is 105 Å². The first-order valence-corrected chi connectivity index (χ1v) is 12.3. The summed E-state index contributed by atoms with van der Waals surface area (Å²) in [6, 6.07) is 14.8. The zero-order valence-corrected chi connectivity index (χ0v) is 21.6. The molecule has 0 spiro atoms. The predicted octanol–water partition coefficient (Wildman–Crippen LogP) is 5.40. The lowest BCUT2D eigenvalue weighted by Gasteiger charge is -2.30. The Bertz CT molecular complexity index is 1050. The van der Waals surface area contributed by atoms with Crippen LogP contribution in [0.2, 0.25) is 0 Å². The number of carboxylic acid groups (broad SMARTS) is 1. The number of alkyl carbamates (subject to hydrolysis) is 1. The van der Waals surface area contributed by atoms with E-state index in [0.717, 1.165) is 22.3 Å². The fourth-order valence-corrected chi connectivity index (χ4v) is 4.39. The molecule has 3 rings (SSSR count). The van der Waals surface area contributed by atoms with Gasteiger partial charge in [0.1, 0.15) is 18.2 Å². The minimum atomic E-state index is -1.16. The average Bonchev–Trinajstić information content (AvgIpc) is 3.11. The van der Waals surface area contributed by atoms with Crippen molar-refractivity contribution in [2.45, 2.75) is 71.1 Å². The van der Waals surface area contributed by atoms with Gasteiger partial charge in [0.05, 0.1) is 0 Å². The number of fused-ring (bicyclic) bond motifs is 3. The van der Waals surface area contributed by atoms with E-state index in [1.54, 1.807) is 25.7 Å². The number of carboxylic acids is 1. The van der Waals surface area contributed by atoms with Crippen molar-refractivity contribution >= 4 is 18.2 Å². The molecule has 1 aliphatic carbocycles. The van der Waals surface area contributed by atoms with Crippen LogP contribution in [-0.4, -0.2) is 59.0 Å². The van der Waals surface area contributed by atoms with E-state index in [4.69, 9.17) is 9.47 Å². The first-order valence-electron chi connectivity index (χ1n) is 12.3. The summed E-state index contributed by atoms with van der Waals surface area (Å²) < 4.78 is 10.9. The molecule has 36 heavy (non-hydrogen) atoms. The molecule has 0 saturated carbocycles. The van der Waals surface area contributed by atoms with E-state index in [0.29, 0.717) is 13.0 Å². The summed E-state index contributed by atoms with van der Waals surface area (Å²) in [5.74, 6) is -1.27. The highest BCUT2D eigenvalue weighted by Crippen LogP contribution is 2.44. The molecule has 0 radical (unpaired) electrons. The number of carbonyl (C=O) groups excluding carboxylic acids is 2. The van der Waals surface area contributed by atoms with Gasteiger partial charge in [0, 0.05) is 18.5 Å². The van der Waals surface area contributed by atoms with Gasteiger partial charge in [-0.2, -0.15) is 0 Å². The van der Waals surface area contributed by atoms with Crippen LogP contribution in [-0.2, 0) is 14.3 Å². The Labute approximate surface area is 212 Å². The number of hydrogen-bond acceptors (Lipinski definition) is 5. The molecule has 0 aromatic heterocycles. The van der Waals surface area contributed by atoms with E-state index >= 15 is 0 Å². The van der Waals surface area contributed by atoms with Crippen LogP contribution in [0.1, 0.15) is 64.5 Å². The molecule has 1 aliphatic rings. The minimum absolute atomic E-state index is 0.103. The Kier molecular flexibility index (Phi) is 8.61. The highest BCUT2D eigenvalue weighted by atomic mass is 16.6. The Morgan fingerprint density at radius 1 is 1.00 bits per heavy atom. The quantitative estimate of drug-likeness (QED) is 0.481. The van der Waals surface area contributed by atoms with Gasteiger partial charge in [-0.15, -0.1) is 0 Å². The molecule has 194 valence electrons. The van der Waals surface area contributed by atoms with Crippen LogP contribution in [0.15, 0.2) is 48.5 Å². The maximum Gasteiger partial charge on any atom is 0.410 e. The SMILES string of the molecule is CC(C)N(CCC[C@H](NC(=O)OCC1c2ccccc2-c2ccccc21)C(=O)O)C(=O)OC(C)(C)C. The summed E-state index contributed by atoms with van der Waals surface area (Å²) >= 11 is 0. The van der Waals surface area contributed by atoms with Crippen molar-refractivity contribution in [3.05, 3.63) is 59.7 Å². The molecule has 2 aromatic rings. The Morgan fingerprint density at radius 3 is 2.06 bits per heavy atom. The number of nitrogens with zero attached hydrogens (tertiary/aromatic N) is 1. The van der Waals surface area contributed by atoms with Gasteiger partial charge >= 0.3 is 18.2 Å². The van der Waals surface area contributed by atoms with Crippen molar-refractivity contribution in [1.29, 1.82) is 0 Å². The molecular weight excluding hydrogens is 460 g/mol. The number of rotatable bonds is 9. The van der Waals surface area contributed by atoms with Crippen LogP contribution in [0, 0.1) is 0 Å². The highest BCUT2D eigenvalue weighted by Gasteiger charge is 2.30. The van der Waals surface area contributed by atoms with Crippen LogP contribution in [0.3, 0.4) is 0 Å². The summed E-state index contributed by atoms with van der Waals surface area (Å²) in [5, 5.41) is 12.1. The van der Waals surface area contributed by atoms with Gasteiger partial charge in [0.15, 0.2) is 0 Å². The zero-order valence-electron chi connectivity index (χ0n) is 21.6. The molecule has 2 aromatic carbocycles. The second-order valence-corrected chi connectivity index (χ2v) is 10.3. The molecule has 0 unspecified atom stereocenters. The second-order valence-electron chi connectivity index (χ2n) is 10.3. The summed E-state index contributed by atoms with van der Waals surface area (Å²) in [4.78, 5) is 38.3. The number of benzene rings is 2. The zero-order chi connectivity index (χ0) is 26.5. The van der Waals surface area contributed by atoms with Gasteiger partial charge in [0.25, 0.3) is 0 Å². The van der Waals surface area contributed by atoms with Crippen molar-refractivity contribution in [3.8, 4) is 11.1 Å². The summed E-state index contributed by atoms with van der Waals surface area (Å²) in [7, 11) is 0. The van der Waals surface area contributed by atoms with Gasteiger partial charge < -0.3 is 24.8 Å². The van der Waals surface area contributed by atoms with Crippen LogP contribution in [0.4, 0.5) is 9.59 Å². The molecule has 0 heterocycles. The lowest BCUT2D eigenvalue weighted by Crippen LogP contribution is -2.44. The number of ether oxygens (including phenoxy) is 2. The molecule has 0 saturated heterocycles. The Morgan fingerprint density at radius 2 is 1.56 bits per heavy atom. The third kappa shape index (κ3) is 6.77. The lowest BCUT2D eigenvalue weighted by atomic mass is 9.98. The van der Waals surface area contributed by atoms with Crippen LogP contribution < -0.4 is 5.32 Å². The lowest BCUT2D eigenvalue weighted by molar-refractivity contribution is -0.139. The van der Waals surface area contributed by atoms with Crippen molar-refractivity contribution in [2.24, 2.45) is 0 Å². The van der Waals surface area contributed by atoms with E-state index in [1.807, 2.05) is 62.4 Å². The maximum atomic E-state index is 12.5. The first-order chi connectivity index (χ1) is 17.0. The number of amides is 2. The van der Waals surface area contributed by atoms with E-state index in [1.165, 1.54) is 0 Å². The van der Waals surface area contributed by atoms with E-state index < -0.39 is 29.8 Å². The van der Waals surface area contributed by atoms with E-state index in [-0.39, 0.29) is 25.0 Å². The van der Waals surface area contributed by atoms with Crippen LogP contribution in [0.25, 0.3) is 11.1 Å². The molecule has 8 nitrogen and oxygen atoms in total. The monoisotopic (exact) mass is 496 g/mol. The molecule has 2 N–H and O–H groups in total. The summed E-state index contributed by atoms with van der Waals surface area (Å²) in [6.45, 7) is 9.53. The number of aliphatic carboxylic acids is 1. The molecule has 2 amide bonds.